The van der Waals surface area contributed by atoms with E-state index in [2.05, 4.69) is 99.9 Å². The minimum absolute atomic E-state index is 0. The Morgan fingerprint density at radius 1 is 0.535 bits per heavy atom. The zero-order chi connectivity index (χ0) is 30.1. The van der Waals surface area contributed by atoms with Crippen molar-refractivity contribution in [2.24, 2.45) is 9.98 Å². The van der Waals surface area contributed by atoms with E-state index in [-0.39, 0.29) is 20.4 Å². The van der Waals surface area contributed by atoms with Crippen LogP contribution in [0.15, 0.2) is 58.5 Å². The summed E-state index contributed by atoms with van der Waals surface area (Å²) < 4.78 is 0. The van der Waals surface area contributed by atoms with Gasteiger partial charge < -0.3 is 0 Å². The molecule has 0 saturated heterocycles. The molecule has 2 rings (SSSR count). The second-order valence-corrected chi connectivity index (χ2v) is 11.3. The summed E-state index contributed by atoms with van der Waals surface area (Å²) in [6, 6.07) is 16.7. The molecular weight excluding hydrogens is 615 g/mol. The van der Waals surface area contributed by atoms with Gasteiger partial charge in [-0.3, -0.25) is 9.98 Å². The summed E-state index contributed by atoms with van der Waals surface area (Å²) in [5, 5.41) is 0. The van der Waals surface area contributed by atoms with Gasteiger partial charge in [-0.05, 0) is 68.5 Å². The molecule has 0 bridgehead atoms. The molecule has 2 aromatic rings. The average Bonchev–Trinajstić information content (AvgIpc) is 3.01. The fraction of sp³-hybridized carbons (Fsp3) is 0.550. The summed E-state index contributed by atoms with van der Waals surface area (Å²) >= 11 is 0. The maximum absolute atomic E-state index is 5.12. The Balaban J connectivity index is 0.00000924. The Morgan fingerprint density at radius 3 is 1.44 bits per heavy atom. The summed E-state index contributed by atoms with van der Waals surface area (Å²) in [7, 11) is 0. The molecule has 0 unspecified atom stereocenters. The molecule has 0 amide bonds. The Bertz CT molecular complexity index is 1200. The number of rotatable bonds is 19. The first-order valence-electron chi connectivity index (χ1n) is 17.0. The maximum atomic E-state index is 5.12. The Morgan fingerprint density at radius 2 is 0.977 bits per heavy atom. The van der Waals surface area contributed by atoms with E-state index in [9.17, 15) is 0 Å². The average molecular weight is 671 g/mol. The molecule has 236 valence electrons. The molecule has 0 aliphatic heterocycles. The van der Waals surface area contributed by atoms with Crippen molar-refractivity contribution < 1.29 is 20.4 Å². The zero-order valence-corrected chi connectivity index (χ0v) is 29.1. The number of aliphatic imine (C=N–C) groups is 2. The van der Waals surface area contributed by atoms with Gasteiger partial charge in [-0.25, -0.2) is 0 Å². The number of nitrogens with zero attached hydrogens (tertiary/aromatic N) is 2. The van der Waals surface area contributed by atoms with E-state index in [1.807, 2.05) is 0 Å². The van der Waals surface area contributed by atoms with Crippen LogP contribution in [-0.2, 0) is 20.4 Å². The molecule has 2 aromatic carbocycles. The smallest absolute Gasteiger partial charge is 0.0646 e. The Hall–Kier alpha value is -2.44. The minimum atomic E-state index is 0. The number of unbranched alkanes of at least 4 members (excludes halogenated alkanes) is 13. The van der Waals surface area contributed by atoms with Gasteiger partial charge in [0.1, 0.15) is 0 Å². The molecule has 0 fully saturated rings. The van der Waals surface area contributed by atoms with Crippen LogP contribution in [0.2, 0.25) is 0 Å². The molecule has 43 heavy (non-hydrogen) atoms. The van der Waals surface area contributed by atoms with Gasteiger partial charge in [0.05, 0.1) is 22.8 Å². The normalized spacial score (nSPS) is 11.3. The standard InChI is InChI=1S/C40H56N2.Pd/c1-5-9-12-14-16-18-20-22-26-35-28-24-30-37(33-35)41-39(8-4)40(32-11-7-3)42-38-31-25-29-36(34-38)27-23-21-19-17-15-13-10-6-2;/h24-25,28-31,33-34H,5-21,32H2,1-4H3;. The minimum Gasteiger partial charge on any atom is -0.252 e. The van der Waals surface area contributed by atoms with Crippen molar-refractivity contribution in [1.29, 1.82) is 0 Å². The molecule has 2 nitrogen and oxygen atoms in total. The molecule has 0 heterocycles. The van der Waals surface area contributed by atoms with Gasteiger partial charge in [-0.15, -0.1) is 0 Å². The van der Waals surface area contributed by atoms with E-state index < -0.39 is 0 Å². The fourth-order valence-corrected chi connectivity index (χ4v) is 4.89. The molecule has 0 aliphatic carbocycles. The van der Waals surface area contributed by atoms with Crippen LogP contribution < -0.4 is 0 Å². The maximum Gasteiger partial charge on any atom is 0.0646 e. The van der Waals surface area contributed by atoms with Crippen molar-refractivity contribution in [1.82, 2.24) is 0 Å². The summed E-state index contributed by atoms with van der Waals surface area (Å²) in [4.78, 5) is 10.2. The van der Waals surface area contributed by atoms with Gasteiger partial charge in [-0.1, -0.05) is 134 Å². The summed E-state index contributed by atoms with van der Waals surface area (Å²) in [6.45, 7) is 8.93. The molecule has 0 saturated carbocycles. The van der Waals surface area contributed by atoms with Crippen molar-refractivity contribution >= 4 is 22.8 Å². The van der Waals surface area contributed by atoms with Crippen molar-refractivity contribution in [3.05, 3.63) is 59.7 Å². The second-order valence-electron chi connectivity index (χ2n) is 11.3. The van der Waals surface area contributed by atoms with Gasteiger partial charge in [0, 0.05) is 44.4 Å². The topological polar surface area (TPSA) is 24.7 Å². The van der Waals surface area contributed by atoms with Crippen LogP contribution in [0, 0.1) is 23.7 Å². The van der Waals surface area contributed by atoms with Gasteiger partial charge in [0.2, 0.25) is 0 Å². The quantitative estimate of drug-likeness (QED) is 0.0615. The summed E-state index contributed by atoms with van der Waals surface area (Å²) in [5.74, 6) is 13.5. The SMILES string of the molecule is CCCCCCCCC#Cc1cccc(N=C(CC)C(CCCC)=Nc2cccc(C#CCCCCCCCC)c2)c1.[Pd]. The van der Waals surface area contributed by atoms with Crippen molar-refractivity contribution in [3.8, 4) is 23.7 Å². The molecule has 0 aliphatic rings. The van der Waals surface area contributed by atoms with E-state index in [0.717, 1.165) is 72.4 Å². The fourth-order valence-electron chi connectivity index (χ4n) is 4.89. The molecular formula is C40H56N2Pd. The van der Waals surface area contributed by atoms with E-state index >= 15 is 0 Å². The van der Waals surface area contributed by atoms with Crippen LogP contribution in [0.1, 0.15) is 154 Å². The second kappa shape index (κ2) is 26.0. The third-order valence-corrected chi connectivity index (χ3v) is 7.43. The Labute approximate surface area is 278 Å². The number of hydrogen-bond donors (Lipinski definition) is 0. The van der Waals surface area contributed by atoms with Gasteiger partial charge >= 0.3 is 0 Å². The first-order valence-corrected chi connectivity index (χ1v) is 17.0. The first kappa shape index (κ1) is 38.6. The van der Waals surface area contributed by atoms with Crippen molar-refractivity contribution in [2.45, 2.75) is 143 Å². The van der Waals surface area contributed by atoms with E-state index in [1.54, 1.807) is 0 Å². The molecule has 0 atom stereocenters. The third kappa shape index (κ3) is 18.1. The van der Waals surface area contributed by atoms with Gasteiger partial charge in [0.15, 0.2) is 0 Å². The Kier molecular flexibility index (Phi) is 23.3. The van der Waals surface area contributed by atoms with Crippen molar-refractivity contribution in [2.75, 3.05) is 0 Å². The number of benzene rings is 2. The molecule has 0 radical (unpaired) electrons. The summed E-state index contributed by atoms with van der Waals surface area (Å²) in [5.41, 5.74) is 6.13. The van der Waals surface area contributed by atoms with Crippen LogP contribution in [0.3, 0.4) is 0 Å². The van der Waals surface area contributed by atoms with Crippen molar-refractivity contribution in [3.63, 3.8) is 0 Å². The van der Waals surface area contributed by atoms with E-state index in [1.165, 1.54) is 77.0 Å². The molecule has 0 spiro atoms. The van der Waals surface area contributed by atoms with Crippen LogP contribution in [-0.4, -0.2) is 11.4 Å². The third-order valence-electron chi connectivity index (χ3n) is 7.43. The predicted molar refractivity (Wildman–Crippen MR) is 187 cm³/mol. The van der Waals surface area contributed by atoms with Crippen LogP contribution >= 0.6 is 0 Å². The van der Waals surface area contributed by atoms with Crippen LogP contribution in [0.5, 0.6) is 0 Å². The van der Waals surface area contributed by atoms with E-state index in [4.69, 9.17) is 9.98 Å². The van der Waals surface area contributed by atoms with Gasteiger partial charge in [-0.2, -0.15) is 0 Å². The van der Waals surface area contributed by atoms with E-state index in [0.29, 0.717) is 0 Å². The number of hydrogen-bond acceptors (Lipinski definition) is 2. The summed E-state index contributed by atoms with van der Waals surface area (Å²) in [6.07, 6.45) is 21.6. The first-order chi connectivity index (χ1) is 20.7. The monoisotopic (exact) mass is 670 g/mol. The molecule has 0 aromatic heterocycles. The molecule has 0 N–H and O–H groups in total. The van der Waals surface area contributed by atoms with Crippen LogP contribution in [0.4, 0.5) is 11.4 Å². The largest absolute Gasteiger partial charge is 0.252 e. The predicted octanol–water partition coefficient (Wildman–Crippen LogP) is 12.3. The van der Waals surface area contributed by atoms with Gasteiger partial charge in [0.25, 0.3) is 0 Å². The molecule has 3 heteroatoms. The zero-order valence-electron chi connectivity index (χ0n) is 27.6. The van der Waals surface area contributed by atoms with Crippen LogP contribution in [0.25, 0.3) is 0 Å².